The van der Waals surface area contributed by atoms with E-state index in [0.717, 1.165) is 5.56 Å². The van der Waals surface area contributed by atoms with Crippen LogP contribution in [0.15, 0.2) is 72.8 Å². The molecule has 31 heavy (non-hydrogen) atoms. The Morgan fingerprint density at radius 1 is 0.742 bits per heavy atom. The summed E-state index contributed by atoms with van der Waals surface area (Å²) >= 11 is 0. The molecule has 1 amide bonds. The molecule has 0 aliphatic heterocycles. The van der Waals surface area contributed by atoms with Crippen LogP contribution >= 0.6 is 0 Å². The Morgan fingerprint density at radius 2 is 1.35 bits per heavy atom. The minimum absolute atomic E-state index is 0.0386. The van der Waals surface area contributed by atoms with Crippen molar-refractivity contribution in [1.29, 1.82) is 0 Å². The van der Waals surface area contributed by atoms with Crippen molar-refractivity contribution in [1.82, 2.24) is 0 Å². The van der Waals surface area contributed by atoms with Gasteiger partial charge in [-0.05, 0) is 48.0 Å². The second-order valence-electron chi connectivity index (χ2n) is 6.53. The molecule has 3 rings (SSSR count). The van der Waals surface area contributed by atoms with Crippen LogP contribution in [-0.2, 0) is 20.7 Å². The minimum atomic E-state index is -0.678. The average molecular weight is 419 g/mol. The van der Waals surface area contributed by atoms with E-state index < -0.39 is 11.9 Å². The number of rotatable bonds is 7. The molecular formula is C24H21NO6. The van der Waals surface area contributed by atoms with E-state index in [1.165, 1.54) is 26.4 Å². The standard InChI is InChI=1S/C24H21NO6/c1-29-23(27)20-13-12-19(15-21(20)24(28)30-2)31-18-10-8-17(9-11-18)25-22(26)14-16-6-4-3-5-7-16/h3-13,15H,14H2,1-2H3,(H,25,26). The number of carbonyl (C=O) groups is 3. The number of esters is 2. The van der Waals surface area contributed by atoms with Crippen molar-refractivity contribution < 1.29 is 28.6 Å². The molecule has 0 bridgehead atoms. The van der Waals surface area contributed by atoms with Crippen molar-refractivity contribution in [3.63, 3.8) is 0 Å². The first-order valence-electron chi connectivity index (χ1n) is 9.42. The molecule has 0 saturated heterocycles. The first-order valence-corrected chi connectivity index (χ1v) is 9.42. The highest BCUT2D eigenvalue weighted by Gasteiger charge is 2.19. The largest absolute Gasteiger partial charge is 0.465 e. The summed E-state index contributed by atoms with van der Waals surface area (Å²) < 4.78 is 15.2. The molecule has 0 heterocycles. The smallest absolute Gasteiger partial charge is 0.338 e. The van der Waals surface area contributed by atoms with Crippen LogP contribution in [0.3, 0.4) is 0 Å². The van der Waals surface area contributed by atoms with Crippen LogP contribution in [0.1, 0.15) is 26.3 Å². The zero-order valence-electron chi connectivity index (χ0n) is 17.1. The lowest BCUT2D eigenvalue weighted by molar-refractivity contribution is -0.115. The number of nitrogens with one attached hydrogen (secondary N) is 1. The molecular weight excluding hydrogens is 398 g/mol. The van der Waals surface area contributed by atoms with Gasteiger partial charge in [-0.3, -0.25) is 4.79 Å². The number of amides is 1. The quantitative estimate of drug-likeness (QED) is 0.576. The lowest BCUT2D eigenvalue weighted by atomic mass is 10.1. The molecule has 0 saturated carbocycles. The van der Waals surface area contributed by atoms with Crippen LogP contribution in [0.4, 0.5) is 5.69 Å². The molecule has 0 aliphatic rings. The summed E-state index contributed by atoms with van der Waals surface area (Å²) in [5.41, 5.74) is 1.68. The van der Waals surface area contributed by atoms with Crippen LogP contribution in [-0.4, -0.2) is 32.1 Å². The van der Waals surface area contributed by atoms with Gasteiger partial charge < -0.3 is 19.5 Å². The first-order chi connectivity index (χ1) is 15.0. The predicted octanol–water partition coefficient (Wildman–Crippen LogP) is 4.23. The number of ether oxygens (including phenoxy) is 3. The predicted molar refractivity (Wildman–Crippen MR) is 114 cm³/mol. The maximum atomic E-state index is 12.2. The molecule has 7 heteroatoms. The van der Waals surface area contributed by atoms with Gasteiger partial charge in [-0.1, -0.05) is 30.3 Å². The van der Waals surface area contributed by atoms with Crippen molar-refractivity contribution >= 4 is 23.5 Å². The topological polar surface area (TPSA) is 90.9 Å². The van der Waals surface area contributed by atoms with Gasteiger partial charge in [0.2, 0.25) is 5.91 Å². The Morgan fingerprint density at radius 3 is 2.00 bits per heavy atom. The molecule has 3 aromatic rings. The van der Waals surface area contributed by atoms with Gasteiger partial charge in [0.05, 0.1) is 31.8 Å². The van der Waals surface area contributed by atoms with Crippen molar-refractivity contribution in [2.45, 2.75) is 6.42 Å². The van der Waals surface area contributed by atoms with E-state index in [1.54, 1.807) is 30.3 Å². The lowest BCUT2D eigenvalue weighted by Crippen LogP contribution is -2.14. The van der Waals surface area contributed by atoms with E-state index in [9.17, 15) is 14.4 Å². The fourth-order valence-electron chi connectivity index (χ4n) is 2.88. The highest BCUT2D eigenvalue weighted by atomic mass is 16.5. The summed E-state index contributed by atoms with van der Waals surface area (Å²) in [5, 5.41) is 2.83. The Labute approximate surface area is 179 Å². The second-order valence-corrected chi connectivity index (χ2v) is 6.53. The molecule has 0 fully saturated rings. The number of hydrogen-bond acceptors (Lipinski definition) is 6. The number of hydrogen-bond donors (Lipinski definition) is 1. The molecule has 1 N–H and O–H groups in total. The van der Waals surface area contributed by atoms with Gasteiger partial charge in [-0.25, -0.2) is 9.59 Å². The van der Waals surface area contributed by atoms with Crippen LogP contribution in [0.5, 0.6) is 11.5 Å². The van der Waals surface area contributed by atoms with Crippen LogP contribution in [0.2, 0.25) is 0 Å². The van der Waals surface area contributed by atoms with E-state index in [1.807, 2.05) is 30.3 Å². The highest BCUT2D eigenvalue weighted by molar-refractivity contribution is 6.03. The molecule has 158 valence electrons. The number of methoxy groups -OCH3 is 2. The summed E-state index contributed by atoms with van der Waals surface area (Å²) in [6.45, 7) is 0. The van der Waals surface area contributed by atoms with Crippen molar-refractivity contribution in [2.24, 2.45) is 0 Å². The zero-order chi connectivity index (χ0) is 22.2. The summed E-state index contributed by atoms with van der Waals surface area (Å²) in [6, 6.07) is 20.6. The monoisotopic (exact) mass is 419 g/mol. The van der Waals surface area contributed by atoms with Gasteiger partial charge in [0.25, 0.3) is 0 Å². The molecule has 0 spiro atoms. The maximum absolute atomic E-state index is 12.2. The maximum Gasteiger partial charge on any atom is 0.338 e. The SMILES string of the molecule is COC(=O)c1ccc(Oc2ccc(NC(=O)Cc3ccccc3)cc2)cc1C(=O)OC. The third-order valence-corrected chi connectivity index (χ3v) is 4.38. The number of benzene rings is 3. The second kappa shape index (κ2) is 10.1. The molecule has 0 radical (unpaired) electrons. The Balaban J connectivity index is 1.68. The Kier molecular flexibility index (Phi) is 7.01. The molecule has 0 aromatic heterocycles. The van der Waals surface area contributed by atoms with Gasteiger partial charge >= 0.3 is 11.9 Å². The molecule has 0 aliphatic carbocycles. The third kappa shape index (κ3) is 5.70. The summed E-state index contributed by atoms with van der Waals surface area (Å²) in [5.74, 6) is -0.623. The first kappa shape index (κ1) is 21.6. The van der Waals surface area contributed by atoms with E-state index in [4.69, 9.17) is 9.47 Å². The summed E-state index contributed by atoms with van der Waals surface area (Å²) in [4.78, 5) is 36.0. The third-order valence-electron chi connectivity index (χ3n) is 4.38. The Bertz CT molecular complexity index is 1080. The van der Waals surface area contributed by atoms with E-state index in [2.05, 4.69) is 10.1 Å². The fraction of sp³-hybridized carbons (Fsp3) is 0.125. The normalized spacial score (nSPS) is 10.1. The minimum Gasteiger partial charge on any atom is -0.465 e. The molecule has 0 unspecified atom stereocenters. The lowest BCUT2D eigenvalue weighted by Gasteiger charge is -2.11. The van der Waals surface area contributed by atoms with Crippen molar-refractivity contribution in [3.05, 3.63) is 89.5 Å². The Hall–Kier alpha value is -4.13. The van der Waals surface area contributed by atoms with E-state index in [0.29, 0.717) is 17.2 Å². The van der Waals surface area contributed by atoms with E-state index in [-0.39, 0.29) is 23.5 Å². The van der Waals surface area contributed by atoms with Gasteiger partial charge in [-0.2, -0.15) is 0 Å². The van der Waals surface area contributed by atoms with Crippen molar-refractivity contribution in [3.8, 4) is 11.5 Å². The van der Waals surface area contributed by atoms with Crippen LogP contribution in [0.25, 0.3) is 0 Å². The molecule has 3 aromatic carbocycles. The molecule has 7 nitrogen and oxygen atoms in total. The van der Waals surface area contributed by atoms with Gasteiger partial charge in [0.1, 0.15) is 11.5 Å². The average Bonchev–Trinajstić information content (AvgIpc) is 2.80. The van der Waals surface area contributed by atoms with Crippen LogP contribution in [0, 0.1) is 0 Å². The number of carbonyl (C=O) groups excluding carboxylic acids is 3. The van der Waals surface area contributed by atoms with Gasteiger partial charge in [0.15, 0.2) is 0 Å². The van der Waals surface area contributed by atoms with Gasteiger partial charge in [0, 0.05) is 5.69 Å². The summed E-state index contributed by atoms with van der Waals surface area (Å²) in [6.07, 6.45) is 0.280. The zero-order valence-corrected chi connectivity index (χ0v) is 17.1. The van der Waals surface area contributed by atoms with Gasteiger partial charge in [-0.15, -0.1) is 0 Å². The van der Waals surface area contributed by atoms with E-state index >= 15 is 0 Å². The highest BCUT2D eigenvalue weighted by Crippen LogP contribution is 2.26. The number of anilines is 1. The molecule has 0 atom stereocenters. The van der Waals surface area contributed by atoms with Crippen molar-refractivity contribution in [2.75, 3.05) is 19.5 Å². The fourth-order valence-corrected chi connectivity index (χ4v) is 2.88. The van der Waals surface area contributed by atoms with Crippen LogP contribution < -0.4 is 10.1 Å². The summed E-state index contributed by atoms with van der Waals surface area (Å²) in [7, 11) is 2.45.